The number of carbonyl (C=O) groups excluding carboxylic acids is 1. The zero-order valence-electron chi connectivity index (χ0n) is 16.7. The number of aromatic nitrogens is 2. The Bertz CT molecular complexity index is 951. The second-order valence-corrected chi connectivity index (χ2v) is 8.75. The van der Waals surface area contributed by atoms with Crippen molar-refractivity contribution in [2.24, 2.45) is 10.8 Å². The molecule has 0 atom stereocenters. The Morgan fingerprint density at radius 2 is 1.90 bits per heavy atom. The smallest absolute Gasteiger partial charge is 0.254 e. The Labute approximate surface area is 174 Å². The van der Waals surface area contributed by atoms with Crippen LogP contribution in [0.4, 0.5) is 0 Å². The molecular formula is C21H23ClN4O3. The topological polar surface area (TPSA) is 108 Å². The fraction of sp³-hybridized carbons (Fsp3) is 0.429. The molecule has 1 aliphatic rings. The van der Waals surface area contributed by atoms with Gasteiger partial charge in [0.05, 0.1) is 16.1 Å². The van der Waals surface area contributed by atoms with Gasteiger partial charge in [-0.15, -0.1) is 0 Å². The number of carbonyl (C=O) groups is 1. The number of aliphatic hydroxyl groups is 1. The lowest BCUT2D eigenvalue weighted by atomic mass is 9.49. The van der Waals surface area contributed by atoms with E-state index in [1.165, 1.54) is 12.4 Å². The molecule has 1 amide bonds. The van der Waals surface area contributed by atoms with E-state index in [-0.39, 0.29) is 41.3 Å². The number of rotatable bonds is 5. The van der Waals surface area contributed by atoms with E-state index in [1.54, 1.807) is 18.2 Å². The Balaban J connectivity index is 1.74. The van der Waals surface area contributed by atoms with Crippen LogP contribution in [0.3, 0.4) is 0 Å². The second-order valence-electron chi connectivity index (χ2n) is 8.35. The fourth-order valence-electron chi connectivity index (χ4n) is 4.36. The lowest BCUT2D eigenvalue weighted by Crippen LogP contribution is -2.74. The van der Waals surface area contributed by atoms with Crippen LogP contribution in [0.2, 0.25) is 5.02 Å². The summed E-state index contributed by atoms with van der Waals surface area (Å²) in [6.45, 7) is 7.85. The largest absolute Gasteiger partial charge is 0.489 e. The molecule has 0 aliphatic heterocycles. The summed E-state index contributed by atoms with van der Waals surface area (Å²) in [6.07, 6.45) is 2.62. The van der Waals surface area contributed by atoms with Gasteiger partial charge in [0.25, 0.3) is 5.91 Å². The lowest BCUT2D eigenvalue weighted by molar-refractivity contribution is -0.164. The summed E-state index contributed by atoms with van der Waals surface area (Å²) in [5, 5.41) is 21.5. The van der Waals surface area contributed by atoms with Crippen LogP contribution < -0.4 is 10.1 Å². The van der Waals surface area contributed by atoms with E-state index in [9.17, 15) is 4.79 Å². The average molecular weight is 415 g/mol. The standard InChI is InChI=1S/C21H23ClN4O3/c1-20(2)18(26-17(28)13-9-24-16(11-27)25-10-13)21(3,4)19(20)29-14-6-5-12(8-23)15(22)7-14/h5-7,9-10,18-19,27H,11H2,1-4H3,(H,26,28). The molecule has 1 fully saturated rings. The third-order valence-electron chi connectivity index (χ3n) is 5.54. The van der Waals surface area contributed by atoms with Gasteiger partial charge in [0.15, 0.2) is 5.82 Å². The first-order valence-electron chi connectivity index (χ1n) is 9.20. The van der Waals surface area contributed by atoms with Crippen LogP contribution in [0.15, 0.2) is 30.6 Å². The van der Waals surface area contributed by atoms with Gasteiger partial charge >= 0.3 is 0 Å². The molecule has 0 unspecified atom stereocenters. The molecule has 0 bridgehead atoms. The number of hydrogen-bond acceptors (Lipinski definition) is 6. The highest BCUT2D eigenvalue weighted by atomic mass is 35.5. The molecule has 8 heteroatoms. The van der Waals surface area contributed by atoms with Gasteiger partial charge in [-0.1, -0.05) is 39.3 Å². The fourth-order valence-corrected chi connectivity index (χ4v) is 4.58. The molecule has 1 heterocycles. The zero-order valence-corrected chi connectivity index (χ0v) is 17.5. The van der Waals surface area contributed by atoms with Crippen molar-refractivity contribution in [2.75, 3.05) is 0 Å². The molecular weight excluding hydrogens is 392 g/mol. The van der Waals surface area contributed by atoms with Crippen molar-refractivity contribution in [2.45, 2.75) is 46.4 Å². The minimum Gasteiger partial charge on any atom is -0.489 e. The Kier molecular flexibility index (Phi) is 5.52. The van der Waals surface area contributed by atoms with Crippen molar-refractivity contribution in [3.8, 4) is 11.8 Å². The van der Waals surface area contributed by atoms with Gasteiger partial charge in [-0.25, -0.2) is 9.97 Å². The van der Waals surface area contributed by atoms with Crippen molar-refractivity contribution in [1.29, 1.82) is 5.26 Å². The SMILES string of the molecule is CC1(C)C(NC(=O)c2cnc(CO)nc2)C(C)(C)C1Oc1ccc(C#N)c(Cl)c1. The summed E-state index contributed by atoms with van der Waals surface area (Å²) in [5.74, 6) is 0.568. The highest BCUT2D eigenvalue weighted by Gasteiger charge is 2.64. The molecule has 152 valence electrons. The van der Waals surface area contributed by atoms with E-state index < -0.39 is 0 Å². The molecule has 29 heavy (non-hydrogen) atoms. The maximum Gasteiger partial charge on any atom is 0.254 e. The molecule has 1 saturated carbocycles. The van der Waals surface area contributed by atoms with Crippen molar-refractivity contribution in [3.05, 3.63) is 52.6 Å². The summed E-state index contributed by atoms with van der Waals surface area (Å²) >= 11 is 6.12. The van der Waals surface area contributed by atoms with E-state index in [4.69, 9.17) is 26.7 Å². The molecule has 3 rings (SSSR count). The van der Waals surface area contributed by atoms with Crippen LogP contribution in [0.5, 0.6) is 5.75 Å². The zero-order chi connectivity index (χ0) is 21.4. The van der Waals surface area contributed by atoms with E-state index >= 15 is 0 Å². The quantitative estimate of drug-likeness (QED) is 0.778. The van der Waals surface area contributed by atoms with Gasteiger partial charge in [-0.3, -0.25) is 4.79 Å². The van der Waals surface area contributed by atoms with Crippen LogP contribution in [-0.2, 0) is 6.61 Å². The van der Waals surface area contributed by atoms with Crippen LogP contribution in [0.25, 0.3) is 0 Å². The van der Waals surface area contributed by atoms with Crippen molar-refractivity contribution < 1.29 is 14.6 Å². The minimum atomic E-state index is -0.356. The van der Waals surface area contributed by atoms with Crippen LogP contribution in [-0.4, -0.2) is 33.1 Å². The predicted octanol–water partition coefficient (Wildman–Crippen LogP) is 3.11. The first kappa shape index (κ1) is 21.0. The number of nitriles is 1. The van der Waals surface area contributed by atoms with Gasteiger partial charge < -0.3 is 15.2 Å². The number of halogens is 1. The molecule has 0 radical (unpaired) electrons. The van der Waals surface area contributed by atoms with Crippen LogP contribution in [0.1, 0.15) is 49.4 Å². The van der Waals surface area contributed by atoms with Crippen molar-refractivity contribution >= 4 is 17.5 Å². The molecule has 7 nitrogen and oxygen atoms in total. The maximum atomic E-state index is 12.7. The van der Waals surface area contributed by atoms with Crippen LogP contribution in [0, 0.1) is 22.2 Å². The molecule has 0 spiro atoms. The van der Waals surface area contributed by atoms with E-state index in [2.05, 4.69) is 15.3 Å². The van der Waals surface area contributed by atoms with Gasteiger partial charge in [0, 0.05) is 35.3 Å². The summed E-state index contributed by atoms with van der Waals surface area (Å²) in [5.41, 5.74) is 0.0133. The van der Waals surface area contributed by atoms with Gasteiger partial charge in [-0.05, 0) is 12.1 Å². The second kappa shape index (κ2) is 7.62. The van der Waals surface area contributed by atoms with E-state index in [0.29, 0.717) is 21.9 Å². The van der Waals surface area contributed by atoms with Gasteiger partial charge in [0.2, 0.25) is 0 Å². The molecule has 1 aliphatic carbocycles. The normalized spacial score (nSPS) is 21.6. The third-order valence-corrected chi connectivity index (χ3v) is 5.85. The molecule has 1 aromatic carbocycles. The Morgan fingerprint density at radius 1 is 1.28 bits per heavy atom. The van der Waals surface area contributed by atoms with Gasteiger partial charge in [-0.2, -0.15) is 5.26 Å². The van der Waals surface area contributed by atoms with Gasteiger partial charge in [0.1, 0.15) is 24.5 Å². The number of nitrogens with one attached hydrogen (secondary N) is 1. The average Bonchev–Trinajstić information content (AvgIpc) is 2.69. The summed E-state index contributed by atoms with van der Waals surface area (Å²) < 4.78 is 6.21. The number of hydrogen-bond donors (Lipinski definition) is 2. The first-order valence-corrected chi connectivity index (χ1v) is 9.58. The molecule has 1 aromatic heterocycles. The Morgan fingerprint density at radius 3 is 2.41 bits per heavy atom. The summed E-state index contributed by atoms with van der Waals surface area (Å²) in [4.78, 5) is 20.6. The highest BCUT2D eigenvalue weighted by Crippen LogP contribution is 2.55. The number of ether oxygens (including phenoxy) is 1. The van der Waals surface area contributed by atoms with Crippen molar-refractivity contribution in [3.63, 3.8) is 0 Å². The third kappa shape index (κ3) is 3.78. The lowest BCUT2D eigenvalue weighted by Gasteiger charge is -2.63. The molecule has 2 N–H and O–H groups in total. The minimum absolute atomic E-state index is 0.154. The summed E-state index contributed by atoms with van der Waals surface area (Å²) in [7, 11) is 0. The van der Waals surface area contributed by atoms with E-state index in [1.807, 2.05) is 33.8 Å². The number of aliphatic hydroxyl groups excluding tert-OH is 1. The predicted molar refractivity (Wildman–Crippen MR) is 107 cm³/mol. The van der Waals surface area contributed by atoms with Crippen LogP contribution >= 0.6 is 11.6 Å². The highest BCUT2D eigenvalue weighted by molar-refractivity contribution is 6.31. The number of nitrogens with zero attached hydrogens (tertiary/aromatic N) is 3. The first-order chi connectivity index (χ1) is 13.6. The summed E-state index contributed by atoms with van der Waals surface area (Å²) in [6, 6.07) is 6.87. The maximum absolute atomic E-state index is 12.7. The number of benzene rings is 1. The van der Waals surface area contributed by atoms with E-state index in [0.717, 1.165) is 0 Å². The monoisotopic (exact) mass is 414 g/mol. The number of amides is 1. The molecule has 2 aromatic rings. The molecule has 0 saturated heterocycles. The van der Waals surface area contributed by atoms with Crippen molar-refractivity contribution in [1.82, 2.24) is 15.3 Å². The Hall–Kier alpha value is -2.69.